The maximum atomic E-state index is 12.7. The Labute approximate surface area is 153 Å². The number of methoxy groups -OCH3 is 1. The van der Waals surface area contributed by atoms with Crippen molar-refractivity contribution in [2.45, 2.75) is 0 Å². The topological polar surface area (TPSA) is 72.7 Å². The van der Waals surface area contributed by atoms with Crippen LogP contribution in [0.25, 0.3) is 6.08 Å². The average molecular weight is 372 g/mol. The van der Waals surface area contributed by atoms with E-state index in [9.17, 15) is 14.9 Å². The van der Waals surface area contributed by atoms with Gasteiger partial charge in [0.1, 0.15) is 5.75 Å². The molecule has 0 radical (unpaired) electrons. The minimum absolute atomic E-state index is 0.00118. The normalized spacial score (nSPS) is 15.7. The minimum Gasteiger partial charge on any atom is -0.495 e. The number of amides is 1. The Bertz CT molecular complexity index is 894. The molecule has 126 valence electrons. The average Bonchev–Trinajstić information content (AvgIpc) is 2.89. The number of hydrogen-bond donors (Lipinski definition) is 0. The first-order valence-electron chi connectivity index (χ1n) is 7.16. The van der Waals surface area contributed by atoms with Crippen LogP contribution >= 0.6 is 24.0 Å². The highest BCUT2D eigenvalue weighted by Crippen LogP contribution is 2.39. The number of nitro benzene ring substituents is 1. The smallest absolute Gasteiger partial charge is 0.270 e. The number of thioether (sulfide) groups is 1. The molecule has 25 heavy (non-hydrogen) atoms. The highest BCUT2D eigenvalue weighted by Gasteiger charge is 2.34. The second-order valence-electron chi connectivity index (χ2n) is 5.04. The Morgan fingerprint density at radius 2 is 1.88 bits per heavy atom. The molecule has 0 atom stereocenters. The first-order valence-corrected chi connectivity index (χ1v) is 8.39. The molecule has 1 aliphatic heterocycles. The van der Waals surface area contributed by atoms with Gasteiger partial charge in [-0.25, -0.2) is 0 Å². The van der Waals surface area contributed by atoms with Gasteiger partial charge in [-0.15, -0.1) is 0 Å². The van der Waals surface area contributed by atoms with E-state index in [2.05, 4.69) is 0 Å². The highest BCUT2D eigenvalue weighted by molar-refractivity contribution is 8.27. The Kier molecular flexibility index (Phi) is 4.82. The van der Waals surface area contributed by atoms with Crippen molar-refractivity contribution in [1.29, 1.82) is 0 Å². The summed E-state index contributed by atoms with van der Waals surface area (Å²) < 4.78 is 5.70. The summed E-state index contributed by atoms with van der Waals surface area (Å²) in [7, 11) is 1.53. The molecule has 1 amide bonds. The van der Waals surface area contributed by atoms with Gasteiger partial charge in [0.05, 0.1) is 22.6 Å². The molecule has 1 heterocycles. The maximum Gasteiger partial charge on any atom is 0.270 e. The van der Waals surface area contributed by atoms with E-state index < -0.39 is 4.92 Å². The van der Waals surface area contributed by atoms with E-state index in [4.69, 9.17) is 17.0 Å². The lowest BCUT2D eigenvalue weighted by molar-refractivity contribution is -0.384. The number of hydrogen-bond acceptors (Lipinski definition) is 6. The van der Waals surface area contributed by atoms with Crippen molar-refractivity contribution in [3.63, 3.8) is 0 Å². The van der Waals surface area contributed by atoms with Gasteiger partial charge in [-0.1, -0.05) is 36.1 Å². The van der Waals surface area contributed by atoms with Crippen LogP contribution in [0.15, 0.2) is 53.4 Å². The largest absolute Gasteiger partial charge is 0.495 e. The van der Waals surface area contributed by atoms with Crippen LogP contribution in [-0.2, 0) is 4.79 Å². The van der Waals surface area contributed by atoms with Crippen LogP contribution in [0.1, 0.15) is 5.56 Å². The van der Waals surface area contributed by atoms with E-state index in [1.165, 1.54) is 35.9 Å². The first-order chi connectivity index (χ1) is 12.0. The maximum absolute atomic E-state index is 12.7. The highest BCUT2D eigenvalue weighted by atomic mass is 32.2. The number of nitrogens with zero attached hydrogens (tertiary/aromatic N) is 2. The summed E-state index contributed by atoms with van der Waals surface area (Å²) in [4.78, 5) is 24.9. The van der Waals surface area contributed by atoms with Gasteiger partial charge in [0, 0.05) is 12.1 Å². The summed E-state index contributed by atoms with van der Waals surface area (Å²) in [6, 6.07) is 13.1. The monoisotopic (exact) mass is 372 g/mol. The molecule has 1 saturated heterocycles. The number of carbonyl (C=O) groups is 1. The van der Waals surface area contributed by atoms with E-state index >= 15 is 0 Å². The fraction of sp³-hybridized carbons (Fsp3) is 0.0588. The molecule has 6 nitrogen and oxygen atoms in total. The van der Waals surface area contributed by atoms with Gasteiger partial charge in [0.15, 0.2) is 4.32 Å². The second-order valence-corrected chi connectivity index (χ2v) is 6.71. The van der Waals surface area contributed by atoms with E-state index in [0.717, 1.165) is 0 Å². The lowest BCUT2D eigenvalue weighted by atomic mass is 10.2. The second kappa shape index (κ2) is 7.04. The Morgan fingerprint density at radius 3 is 2.52 bits per heavy atom. The number of anilines is 1. The van der Waals surface area contributed by atoms with Crippen LogP contribution in [0.3, 0.4) is 0 Å². The molecule has 0 aliphatic carbocycles. The van der Waals surface area contributed by atoms with E-state index in [0.29, 0.717) is 26.2 Å². The van der Waals surface area contributed by atoms with Gasteiger partial charge < -0.3 is 4.74 Å². The molecule has 0 unspecified atom stereocenters. The molecule has 2 aromatic rings. The third kappa shape index (κ3) is 3.40. The zero-order valence-electron chi connectivity index (χ0n) is 13.0. The molecule has 1 aliphatic rings. The number of non-ortho nitro benzene ring substituents is 1. The third-order valence-electron chi connectivity index (χ3n) is 3.52. The molecule has 0 aromatic heterocycles. The minimum atomic E-state index is -0.467. The quantitative estimate of drug-likeness (QED) is 0.349. The summed E-state index contributed by atoms with van der Waals surface area (Å²) in [6.07, 6.45) is 1.67. The van der Waals surface area contributed by atoms with Crippen molar-refractivity contribution in [3.8, 4) is 5.75 Å². The van der Waals surface area contributed by atoms with Crippen LogP contribution in [0.5, 0.6) is 5.75 Å². The van der Waals surface area contributed by atoms with Crippen LogP contribution in [0, 0.1) is 10.1 Å². The van der Waals surface area contributed by atoms with E-state index in [1.54, 1.807) is 36.4 Å². The molecular formula is C17H12N2O4S2. The Balaban J connectivity index is 1.92. The number of benzene rings is 2. The number of carbonyl (C=O) groups excluding carboxylic acids is 1. The molecule has 2 aromatic carbocycles. The van der Waals surface area contributed by atoms with Gasteiger partial charge >= 0.3 is 0 Å². The zero-order valence-corrected chi connectivity index (χ0v) is 14.7. The van der Waals surface area contributed by atoms with E-state index in [-0.39, 0.29) is 11.6 Å². The summed E-state index contributed by atoms with van der Waals surface area (Å²) >= 11 is 6.52. The van der Waals surface area contributed by atoms with Crippen molar-refractivity contribution in [1.82, 2.24) is 0 Å². The zero-order chi connectivity index (χ0) is 18.0. The summed E-state index contributed by atoms with van der Waals surface area (Å²) in [5.74, 6) is 0.299. The van der Waals surface area contributed by atoms with Gasteiger partial charge in [0.2, 0.25) is 0 Å². The molecule has 8 heteroatoms. The SMILES string of the molecule is COc1ccccc1N1C(=O)C(=Cc2ccc([N+](=O)[O-])cc2)SC1=S. The first kappa shape index (κ1) is 17.1. The summed E-state index contributed by atoms with van der Waals surface area (Å²) in [5, 5.41) is 10.7. The van der Waals surface area contributed by atoms with E-state index in [1.807, 2.05) is 6.07 Å². The lowest BCUT2D eigenvalue weighted by Gasteiger charge is -2.17. The number of ether oxygens (including phenoxy) is 1. The molecular weight excluding hydrogens is 360 g/mol. The van der Waals surface area contributed by atoms with Crippen molar-refractivity contribution in [2.24, 2.45) is 0 Å². The Morgan fingerprint density at radius 1 is 1.20 bits per heavy atom. The van der Waals surface area contributed by atoms with Crippen molar-refractivity contribution < 1.29 is 14.5 Å². The number of nitro groups is 1. The molecule has 3 rings (SSSR count). The van der Waals surface area contributed by atoms with Crippen molar-refractivity contribution >= 4 is 51.7 Å². The van der Waals surface area contributed by atoms with Crippen LogP contribution in [0.2, 0.25) is 0 Å². The van der Waals surface area contributed by atoms with Crippen LogP contribution < -0.4 is 9.64 Å². The fourth-order valence-electron chi connectivity index (χ4n) is 2.33. The fourth-order valence-corrected chi connectivity index (χ4v) is 3.62. The third-order valence-corrected chi connectivity index (χ3v) is 4.82. The van der Waals surface area contributed by atoms with Crippen LogP contribution in [0.4, 0.5) is 11.4 Å². The Hall–Kier alpha value is -2.71. The lowest BCUT2D eigenvalue weighted by Crippen LogP contribution is -2.27. The molecule has 0 spiro atoms. The van der Waals surface area contributed by atoms with Gasteiger partial charge in [0.25, 0.3) is 11.6 Å². The van der Waals surface area contributed by atoms with Crippen LogP contribution in [-0.4, -0.2) is 22.3 Å². The number of para-hydroxylation sites is 2. The summed E-state index contributed by atoms with van der Waals surface area (Å²) in [5.41, 5.74) is 1.27. The number of rotatable bonds is 4. The molecule has 1 fully saturated rings. The van der Waals surface area contributed by atoms with Crippen molar-refractivity contribution in [3.05, 3.63) is 69.1 Å². The predicted molar refractivity (Wildman–Crippen MR) is 102 cm³/mol. The van der Waals surface area contributed by atoms with Gasteiger partial charge in [-0.2, -0.15) is 0 Å². The summed E-state index contributed by atoms with van der Waals surface area (Å²) in [6.45, 7) is 0. The predicted octanol–water partition coefficient (Wildman–Crippen LogP) is 4.01. The molecule has 0 saturated carbocycles. The van der Waals surface area contributed by atoms with Crippen molar-refractivity contribution in [2.75, 3.05) is 12.0 Å². The number of thiocarbonyl (C=S) groups is 1. The van der Waals surface area contributed by atoms with Gasteiger partial charge in [-0.3, -0.25) is 19.8 Å². The van der Waals surface area contributed by atoms with Gasteiger partial charge in [-0.05, 0) is 35.9 Å². The molecule has 0 N–H and O–H groups in total. The standard InChI is InChI=1S/C17H12N2O4S2/c1-23-14-5-3-2-4-13(14)18-16(20)15(25-17(18)24)10-11-6-8-12(9-7-11)19(21)22/h2-10H,1H3. The molecule has 0 bridgehead atoms.